The number of rotatable bonds is 6. The first kappa shape index (κ1) is 19.6. The van der Waals surface area contributed by atoms with Crippen LogP contribution in [0.3, 0.4) is 0 Å². The van der Waals surface area contributed by atoms with Gasteiger partial charge in [0.25, 0.3) is 11.8 Å². The van der Waals surface area contributed by atoms with Crippen molar-refractivity contribution in [3.63, 3.8) is 0 Å². The zero-order chi connectivity index (χ0) is 21.5. The summed E-state index contributed by atoms with van der Waals surface area (Å²) >= 11 is 0. The van der Waals surface area contributed by atoms with Gasteiger partial charge in [-0.1, -0.05) is 12.1 Å². The first-order chi connectivity index (χ1) is 15.1. The number of hydrogen-bond acceptors (Lipinski definition) is 4. The van der Waals surface area contributed by atoms with Crippen molar-refractivity contribution < 1.29 is 19.4 Å². The number of amides is 2. The topological polar surface area (TPSA) is 92.6 Å². The maximum atomic E-state index is 12.8. The zero-order valence-corrected chi connectivity index (χ0v) is 17.4. The second kappa shape index (κ2) is 7.74. The molecule has 2 aliphatic rings. The molecule has 2 heterocycles. The van der Waals surface area contributed by atoms with Crippen LogP contribution in [-0.4, -0.2) is 47.8 Å². The summed E-state index contributed by atoms with van der Waals surface area (Å²) in [5.41, 5.74) is 3.83. The molecule has 7 heteroatoms. The molecule has 1 aromatic heterocycles. The van der Waals surface area contributed by atoms with Crippen LogP contribution in [-0.2, 0) is 6.54 Å². The molecule has 1 saturated carbocycles. The van der Waals surface area contributed by atoms with Crippen molar-refractivity contribution >= 4 is 22.7 Å². The molecule has 1 atom stereocenters. The molecular formula is C24H25N3O4. The number of aromatic nitrogens is 1. The van der Waals surface area contributed by atoms with Gasteiger partial charge in [-0.15, -0.1) is 0 Å². The van der Waals surface area contributed by atoms with Crippen LogP contribution in [0, 0.1) is 0 Å². The van der Waals surface area contributed by atoms with Crippen molar-refractivity contribution in [2.45, 2.75) is 31.3 Å². The predicted octanol–water partition coefficient (Wildman–Crippen LogP) is 2.41. The van der Waals surface area contributed by atoms with Gasteiger partial charge in [0.05, 0.1) is 18.8 Å². The first-order valence-corrected chi connectivity index (χ1v) is 10.6. The Hall–Kier alpha value is -3.32. The van der Waals surface area contributed by atoms with Gasteiger partial charge in [-0.25, -0.2) is 0 Å². The number of aliphatic hydroxyl groups excluding tert-OH is 1. The minimum atomic E-state index is -0.273. The van der Waals surface area contributed by atoms with E-state index in [9.17, 15) is 14.7 Å². The summed E-state index contributed by atoms with van der Waals surface area (Å²) in [5, 5.41) is 16.1. The minimum Gasteiger partial charge on any atom is -0.491 e. The fourth-order valence-corrected chi connectivity index (χ4v) is 4.37. The second-order valence-corrected chi connectivity index (χ2v) is 8.15. The molecule has 0 bridgehead atoms. The number of carbonyl (C=O) groups is 2. The van der Waals surface area contributed by atoms with Crippen LogP contribution in [0.25, 0.3) is 10.9 Å². The maximum Gasteiger partial charge on any atom is 0.254 e. The second-order valence-electron chi connectivity index (χ2n) is 8.15. The van der Waals surface area contributed by atoms with Gasteiger partial charge >= 0.3 is 0 Å². The smallest absolute Gasteiger partial charge is 0.254 e. The molecule has 3 N–H and O–H groups in total. The standard InChI is InChI=1S/C24H25N3O4/c1-25-24(30)19-12-14(23(29)26-15-5-6-15)11-18-20(13-31-22(18)19)16-3-2-4-21-17(16)7-8-27(21)9-10-28/h2-4,7-8,11-12,15,20,28H,5-6,9-10,13H2,1H3,(H,25,30)(H,26,29). The van der Waals surface area contributed by atoms with Crippen molar-refractivity contribution in [2.75, 3.05) is 20.3 Å². The summed E-state index contributed by atoms with van der Waals surface area (Å²) in [6.45, 7) is 0.993. The molecule has 1 aliphatic heterocycles. The zero-order valence-electron chi connectivity index (χ0n) is 17.4. The van der Waals surface area contributed by atoms with Crippen LogP contribution >= 0.6 is 0 Å². The number of hydrogen-bond donors (Lipinski definition) is 3. The molecule has 1 fully saturated rings. The van der Waals surface area contributed by atoms with Crippen LogP contribution in [0.5, 0.6) is 5.75 Å². The van der Waals surface area contributed by atoms with Crippen LogP contribution in [0.15, 0.2) is 42.6 Å². The van der Waals surface area contributed by atoms with Crippen molar-refractivity contribution in [1.82, 2.24) is 15.2 Å². The normalized spacial score (nSPS) is 17.3. The molecule has 0 radical (unpaired) electrons. The number of aliphatic hydroxyl groups is 1. The Morgan fingerprint density at radius 1 is 1.16 bits per heavy atom. The average Bonchev–Trinajstić information content (AvgIpc) is 3.34. The highest BCUT2D eigenvalue weighted by molar-refractivity contribution is 6.02. The molecular weight excluding hydrogens is 394 g/mol. The Morgan fingerprint density at radius 2 is 2.00 bits per heavy atom. The number of nitrogens with zero attached hydrogens (tertiary/aromatic N) is 1. The fraction of sp³-hybridized carbons (Fsp3) is 0.333. The Morgan fingerprint density at radius 3 is 2.74 bits per heavy atom. The molecule has 1 unspecified atom stereocenters. The Balaban J connectivity index is 1.61. The van der Waals surface area contributed by atoms with E-state index in [4.69, 9.17) is 4.74 Å². The third-order valence-corrected chi connectivity index (χ3v) is 6.10. The Bertz CT molecular complexity index is 1180. The number of nitrogens with one attached hydrogen (secondary N) is 2. The van der Waals surface area contributed by atoms with Crippen LogP contribution < -0.4 is 15.4 Å². The molecule has 160 valence electrons. The molecule has 7 nitrogen and oxygen atoms in total. The van der Waals surface area contributed by atoms with Gasteiger partial charge in [-0.2, -0.15) is 0 Å². The molecule has 1 aliphatic carbocycles. The molecule has 3 aromatic rings. The van der Waals surface area contributed by atoms with Crippen molar-refractivity contribution in [2.24, 2.45) is 0 Å². The number of fused-ring (bicyclic) bond motifs is 2. The van der Waals surface area contributed by atoms with Crippen molar-refractivity contribution in [3.05, 3.63) is 64.8 Å². The van der Waals surface area contributed by atoms with E-state index in [-0.39, 0.29) is 30.4 Å². The van der Waals surface area contributed by atoms with Crippen LogP contribution in [0.2, 0.25) is 0 Å². The first-order valence-electron chi connectivity index (χ1n) is 10.6. The summed E-state index contributed by atoms with van der Waals surface area (Å²) in [7, 11) is 1.57. The average molecular weight is 419 g/mol. The van der Waals surface area contributed by atoms with Gasteiger partial charge in [-0.05, 0) is 42.7 Å². The van der Waals surface area contributed by atoms with Crippen LogP contribution in [0.1, 0.15) is 50.6 Å². The van der Waals surface area contributed by atoms with Gasteiger partial charge in [0.2, 0.25) is 0 Å². The van der Waals surface area contributed by atoms with Crippen molar-refractivity contribution in [3.8, 4) is 5.75 Å². The quantitative estimate of drug-likeness (QED) is 0.572. The van der Waals surface area contributed by atoms with E-state index in [1.807, 2.05) is 35.0 Å². The summed E-state index contributed by atoms with van der Waals surface area (Å²) in [5.74, 6) is 0.0126. The molecule has 31 heavy (non-hydrogen) atoms. The van der Waals surface area contributed by atoms with Crippen LogP contribution in [0.4, 0.5) is 0 Å². The molecule has 5 rings (SSSR count). The largest absolute Gasteiger partial charge is 0.491 e. The van der Waals surface area contributed by atoms with Gasteiger partial charge < -0.3 is 25.0 Å². The predicted molar refractivity (Wildman–Crippen MR) is 117 cm³/mol. The lowest BCUT2D eigenvalue weighted by Crippen LogP contribution is -2.26. The van der Waals surface area contributed by atoms with E-state index in [0.717, 1.165) is 34.9 Å². The van der Waals surface area contributed by atoms with Gasteiger partial charge in [-0.3, -0.25) is 9.59 Å². The minimum absolute atomic E-state index is 0.0678. The van der Waals surface area contributed by atoms with E-state index < -0.39 is 0 Å². The SMILES string of the molecule is CNC(=O)c1cc(C(=O)NC2CC2)cc2c1OCC2c1cccc2c1ccn2CCO. The third-order valence-electron chi connectivity index (χ3n) is 6.10. The highest BCUT2D eigenvalue weighted by atomic mass is 16.5. The highest BCUT2D eigenvalue weighted by Gasteiger charge is 2.33. The molecule has 2 amide bonds. The summed E-state index contributed by atoms with van der Waals surface area (Å²) in [6, 6.07) is 11.8. The Kier molecular flexibility index (Phi) is 4.90. The van der Waals surface area contributed by atoms with E-state index in [0.29, 0.717) is 30.0 Å². The number of benzene rings is 2. The van der Waals surface area contributed by atoms with Crippen molar-refractivity contribution in [1.29, 1.82) is 0 Å². The fourth-order valence-electron chi connectivity index (χ4n) is 4.37. The lowest BCUT2D eigenvalue weighted by Gasteiger charge is -2.14. The van der Waals surface area contributed by atoms with Gasteiger partial charge in [0.15, 0.2) is 0 Å². The maximum absolute atomic E-state index is 12.8. The molecule has 0 saturated heterocycles. The lowest BCUT2D eigenvalue weighted by molar-refractivity contribution is 0.0951. The summed E-state index contributed by atoms with van der Waals surface area (Å²) < 4.78 is 8.03. The number of carbonyl (C=O) groups excluding carboxylic acids is 2. The van der Waals surface area contributed by atoms with Gasteiger partial charge in [0, 0.05) is 53.8 Å². The lowest BCUT2D eigenvalue weighted by atomic mass is 9.88. The third kappa shape index (κ3) is 3.45. The monoisotopic (exact) mass is 419 g/mol. The number of ether oxygens (including phenoxy) is 1. The van der Waals surface area contributed by atoms with E-state index in [1.165, 1.54) is 0 Å². The summed E-state index contributed by atoms with van der Waals surface area (Å²) in [4.78, 5) is 25.3. The van der Waals surface area contributed by atoms with E-state index >= 15 is 0 Å². The van der Waals surface area contributed by atoms with Gasteiger partial charge in [0.1, 0.15) is 5.75 Å². The highest BCUT2D eigenvalue weighted by Crippen LogP contribution is 2.43. The summed E-state index contributed by atoms with van der Waals surface area (Å²) in [6.07, 6.45) is 3.96. The molecule has 2 aromatic carbocycles. The van der Waals surface area contributed by atoms with E-state index in [1.54, 1.807) is 13.1 Å². The Labute approximate surface area is 180 Å². The molecule has 0 spiro atoms. The van der Waals surface area contributed by atoms with E-state index in [2.05, 4.69) is 16.7 Å².